The van der Waals surface area contributed by atoms with Crippen LogP contribution in [0, 0.1) is 40.9 Å². The van der Waals surface area contributed by atoms with E-state index in [1.165, 1.54) is 32.1 Å². The molecule has 1 atom stereocenters. The summed E-state index contributed by atoms with van der Waals surface area (Å²) in [6.45, 7) is 1.89. The molecule has 0 N–H and O–H groups in total. The second-order valence-corrected chi connectivity index (χ2v) is 7.13. The highest BCUT2D eigenvalue weighted by molar-refractivity contribution is 5.78. The van der Waals surface area contributed by atoms with Crippen LogP contribution in [0.3, 0.4) is 0 Å². The van der Waals surface area contributed by atoms with E-state index in [2.05, 4.69) is 6.07 Å². The Hall–Kier alpha value is -1.04. The maximum atomic E-state index is 12.4. The van der Waals surface area contributed by atoms with Crippen LogP contribution in [0.15, 0.2) is 0 Å². The van der Waals surface area contributed by atoms with Gasteiger partial charge in [-0.2, -0.15) is 5.26 Å². The zero-order chi connectivity index (χ0) is 13.6. The largest absolute Gasteiger partial charge is 0.342 e. The van der Waals surface area contributed by atoms with E-state index < -0.39 is 0 Å². The van der Waals surface area contributed by atoms with Crippen LogP contribution in [0.4, 0.5) is 0 Å². The van der Waals surface area contributed by atoms with Crippen molar-refractivity contribution in [1.29, 1.82) is 5.26 Å². The number of carbonyl (C=O) groups is 1. The van der Waals surface area contributed by atoms with E-state index in [1.807, 2.05) is 18.9 Å². The van der Waals surface area contributed by atoms with Gasteiger partial charge < -0.3 is 4.90 Å². The molecule has 0 aromatic rings. The quantitative estimate of drug-likeness (QED) is 0.783. The SMILES string of the molecule is CC(CC#N)C(=O)N(C)C1C2CC3CC(C2)CC1C3. The summed E-state index contributed by atoms with van der Waals surface area (Å²) in [6, 6.07) is 2.58. The summed E-state index contributed by atoms with van der Waals surface area (Å²) >= 11 is 0. The highest BCUT2D eigenvalue weighted by Gasteiger charge is 2.50. The molecule has 1 amide bonds. The van der Waals surface area contributed by atoms with Crippen LogP contribution in [0.5, 0.6) is 0 Å². The number of amides is 1. The van der Waals surface area contributed by atoms with E-state index in [1.54, 1.807) is 0 Å². The predicted molar refractivity (Wildman–Crippen MR) is 73.0 cm³/mol. The molecule has 4 aliphatic carbocycles. The predicted octanol–water partition coefficient (Wildman–Crippen LogP) is 2.82. The van der Waals surface area contributed by atoms with Gasteiger partial charge in [-0.1, -0.05) is 6.92 Å². The van der Waals surface area contributed by atoms with Gasteiger partial charge in [0, 0.05) is 25.4 Å². The molecule has 4 bridgehead atoms. The van der Waals surface area contributed by atoms with Crippen LogP contribution in [0.25, 0.3) is 0 Å². The lowest BCUT2D eigenvalue weighted by molar-refractivity contribution is -0.144. The highest BCUT2D eigenvalue weighted by atomic mass is 16.2. The minimum atomic E-state index is -0.146. The molecule has 0 saturated heterocycles. The van der Waals surface area contributed by atoms with E-state index in [0.717, 1.165) is 23.7 Å². The molecule has 0 aromatic carbocycles. The summed E-state index contributed by atoms with van der Waals surface area (Å²) in [5, 5.41) is 8.76. The van der Waals surface area contributed by atoms with Crippen LogP contribution < -0.4 is 0 Å². The second kappa shape index (κ2) is 4.81. The van der Waals surface area contributed by atoms with Gasteiger partial charge >= 0.3 is 0 Å². The number of hydrogen-bond acceptors (Lipinski definition) is 2. The molecule has 19 heavy (non-hydrogen) atoms. The van der Waals surface area contributed by atoms with Gasteiger partial charge in [0.1, 0.15) is 0 Å². The van der Waals surface area contributed by atoms with E-state index in [9.17, 15) is 4.79 Å². The average Bonchev–Trinajstić information content (AvgIpc) is 2.36. The number of rotatable bonds is 3. The van der Waals surface area contributed by atoms with E-state index in [0.29, 0.717) is 12.5 Å². The van der Waals surface area contributed by atoms with E-state index >= 15 is 0 Å². The monoisotopic (exact) mass is 260 g/mol. The van der Waals surface area contributed by atoms with Crippen molar-refractivity contribution in [2.24, 2.45) is 29.6 Å². The second-order valence-electron chi connectivity index (χ2n) is 7.13. The van der Waals surface area contributed by atoms with Gasteiger partial charge in [-0.25, -0.2) is 0 Å². The lowest BCUT2D eigenvalue weighted by Crippen LogP contribution is -2.57. The Morgan fingerprint density at radius 1 is 1.21 bits per heavy atom. The molecule has 1 unspecified atom stereocenters. The number of carbonyl (C=O) groups excluding carboxylic acids is 1. The topological polar surface area (TPSA) is 44.1 Å². The zero-order valence-corrected chi connectivity index (χ0v) is 12.0. The smallest absolute Gasteiger partial charge is 0.226 e. The molecular formula is C16H24N2O. The molecule has 4 fully saturated rings. The lowest BCUT2D eigenvalue weighted by atomic mass is 9.54. The van der Waals surface area contributed by atoms with Crippen LogP contribution in [0.2, 0.25) is 0 Å². The number of nitriles is 1. The molecule has 3 nitrogen and oxygen atoms in total. The maximum Gasteiger partial charge on any atom is 0.226 e. The molecular weight excluding hydrogens is 236 g/mol. The summed E-state index contributed by atoms with van der Waals surface area (Å²) in [4.78, 5) is 14.4. The van der Waals surface area contributed by atoms with Crippen LogP contribution in [0.1, 0.15) is 45.4 Å². The fourth-order valence-corrected chi connectivity index (χ4v) is 5.25. The summed E-state index contributed by atoms with van der Waals surface area (Å²) in [6.07, 6.45) is 7.13. The third-order valence-corrected chi connectivity index (χ3v) is 5.79. The van der Waals surface area contributed by atoms with Crippen molar-refractivity contribution < 1.29 is 4.79 Å². The Morgan fingerprint density at radius 3 is 2.21 bits per heavy atom. The van der Waals surface area contributed by atoms with E-state index in [4.69, 9.17) is 5.26 Å². The molecule has 0 spiro atoms. The third kappa shape index (κ3) is 2.16. The minimum Gasteiger partial charge on any atom is -0.342 e. The van der Waals surface area contributed by atoms with Gasteiger partial charge in [0.2, 0.25) is 5.91 Å². The molecule has 0 radical (unpaired) electrons. The van der Waals surface area contributed by atoms with Crippen molar-refractivity contribution in [2.75, 3.05) is 7.05 Å². The molecule has 4 saturated carbocycles. The highest BCUT2D eigenvalue weighted by Crippen LogP contribution is 2.55. The zero-order valence-electron chi connectivity index (χ0n) is 12.0. The lowest BCUT2D eigenvalue weighted by Gasteiger charge is -2.56. The third-order valence-electron chi connectivity index (χ3n) is 5.79. The van der Waals surface area contributed by atoms with Gasteiger partial charge in [0.15, 0.2) is 0 Å². The number of hydrogen-bond donors (Lipinski definition) is 0. The first-order chi connectivity index (χ1) is 9.10. The van der Waals surface area contributed by atoms with Crippen molar-refractivity contribution in [3.05, 3.63) is 0 Å². The standard InChI is InChI=1S/C16H24N2O/c1-10(3-4-17)16(19)18(2)15-13-6-11-5-12(8-13)9-14(15)7-11/h10-15H,3,5-9H2,1-2H3. The van der Waals surface area contributed by atoms with Gasteiger partial charge in [-0.15, -0.1) is 0 Å². The van der Waals surface area contributed by atoms with Gasteiger partial charge in [0.25, 0.3) is 0 Å². The van der Waals surface area contributed by atoms with Crippen LogP contribution in [-0.4, -0.2) is 23.9 Å². The molecule has 4 aliphatic rings. The van der Waals surface area contributed by atoms with Gasteiger partial charge in [-0.3, -0.25) is 4.79 Å². The Balaban J connectivity index is 1.72. The molecule has 0 heterocycles. The van der Waals surface area contributed by atoms with Crippen LogP contribution >= 0.6 is 0 Å². The normalized spacial score (nSPS) is 40.8. The van der Waals surface area contributed by atoms with Gasteiger partial charge in [0.05, 0.1) is 6.07 Å². The van der Waals surface area contributed by atoms with Gasteiger partial charge in [-0.05, 0) is 55.8 Å². The number of nitrogens with zero attached hydrogens (tertiary/aromatic N) is 2. The minimum absolute atomic E-state index is 0.146. The summed E-state index contributed by atoms with van der Waals surface area (Å²) in [7, 11) is 1.98. The van der Waals surface area contributed by atoms with E-state index in [-0.39, 0.29) is 11.8 Å². The first-order valence-corrected chi connectivity index (χ1v) is 7.73. The fourth-order valence-electron chi connectivity index (χ4n) is 5.25. The Kier molecular flexibility index (Phi) is 3.28. The molecule has 0 aromatic heterocycles. The molecule has 104 valence electrons. The first kappa shape index (κ1) is 13.0. The fraction of sp³-hybridized carbons (Fsp3) is 0.875. The molecule has 4 rings (SSSR count). The van der Waals surface area contributed by atoms with Crippen molar-refractivity contribution >= 4 is 5.91 Å². The van der Waals surface area contributed by atoms with Crippen LogP contribution in [-0.2, 0) is 4.79 Å². The summed E-state index contributed by atoms with van der Waals surface area (Å²) < 4.78 is 0. The Bertz CT molecular complexity index is 383. The van der Waals surface area contributed by atoms with Crippen molar-refractivity contribution in [1.82, 2.24) is 4.90 Å². The summed E-state index contributed by atoms with van der Waals surface area (Å²) in [5.74, 6) is 3.39. The molecule has 3 heteroatoms. The maximum absolute atomic E-state index is 12.4. The Labute approximate surface area is 116 Å². The molecule has 0 aliphatic heterocycles. The summed E-state index contributed by atoms with van der Waals surface area (Å²) in [5.41, 5.74) is 0. The average molecular weight is 260 g/mol. The first-order valence-electron chi connectivity index (χ1n) is 7.73. The van der Waals surface area contributed by atoms with Crippen molar-refractivity contribution in [3.63, 3.8) is 0 Å². The van der Waals surface area contributed by atoms with Crippen molar-refractivity contribution in [2.45, 2.75) is 51.5 Å². The Morgan fingerprint density at radius 2 is 1.74 bits per heavy atom. The van der Waals surface area contributed by atoms with Crippen molar-refractivity contribution in [3.8, 4) is 6.07 Å².